The first-order chi connectivity index (χ1) is 8.00. The van der Waals surface area contributed by atoms with Gasteiger partial charge in [0.25, 0.3) is 0 Å². The van der Waals surface area contributed by atoms with E-state index in [1.54, 1.807) is 18.2 Å². The fourth-order valence-corrected chi connectivity index (χ4v) is 2.10. The van der Waals surface area contributed by atoms with Gasteiger partial charge in [-0.2, -0.15) is 0 Å². The van der Waals surface area contributed by atoms with E-state index >= 15 is 0 Å². The van der Waals surface area contributed by atoms with Crippen LogP contribution in [0.4, 0.5) is 0 Å². The summed E-state index contributed by atoms with van der Waals surface area (Å²) in [6.45, 7) is 1.83. The van der Waals surface area contributed by atoms with E-state index in [1.807, 2.05) is 6.92 Å². The Hall–Kier alpha value is -0.350. The van der Waals surface area contributed by atoms with Crippen molar-refractivity contribution in [1.82, 2.24) is 9.97 Å². The topological polar surface area (TPSA) is 25.8 Å². The first kappa shape index (κ1) is 13.1. The van der Waals surface area contributed by atoms with Gasteiger partial charge in [-0.15, -0.1) is 0 Å². The highest BCUT2D eigenvalue weighted by Gasteiger charge is 2.13. The second-order valence-corrected chi connectivity index (χ2v) is 5.27. The molecule has 0 atom stereocenters. The predicted molar refractivity (Wildman–Crippen MR) is 74.9 cm³/mol. The molecule has 0 aliphatic heterocycles. The normalized spacial score (nSPS) is 10.6. The Morgan fingerprint density at radius 3 is 2.47 bits per heavy atom. The molecule has 0 spiro atoms. The Morgan fingerprint density at radius 1 is 1.12 bits per heavy atom. The number of aromatic nitrogens is 2. The molecular weight excluding hydrogens is 346 g/mol. The molecule has 0 radical (unpaired) electrons. The number of aryl methyl sites for hydroxylation is 1. The zero-order chi connectivity index (χ0) is 12.6. The molecular formula is C11H6BrCl3N2. The number of hydrogen-bond donors (Lipinski definition) is 0. The predicted octanol–water partition coefficient (Wildman–Crippen LogP) is 5.17. The van der Waals surface area contributed by atoms with Crippen LogP contribution in [0.3, 0.4) is 0 Å². The molecule has 2 nitrogen and oxygen atoms in total. The fraction of sp³-hybridized carbons (Fsp3) is 0.0909. The summed E-state index contributed by atoms with van der Waals surface area (Å²) in [6, 6.07) is 5.30. The number of nitrogens with zero attached hydrogens (tertiary/aromatic N) is 2. The van der Waals surface area contributed by atoms with Crippen LogP contribution in [-0.4, -0.2) is 9.97 Å². The summed E-state index contributed by atoms with van der Waals surface area (Å²) in [5.41, 5.74) is 1.41. The number of hydrogen-bond acceptors (Lipinski definition) is 2. The van der Waals surface area contributed by atoms with E-state index in [9.17, 15) is 0 Å². The lowest BCUT2D eigenvalue weighted by Crippen LogP contribution is -1.95. The van der Waals surface area contributed by atoms with E-state index in [0.717, 1.165) is 5.69 Å². The van der Waals surface area contributed by atoms with Gasteiger partial charge in [-0.1, -0.05) is 40.9 Å². The third kappa shape index (κ3) is 2.58. The summed E-state index contributed by atoms with van der Waals surface area (Å²) in [7, 11) is 0. The standard InChI is InChI=1S/C11H6BrCl3N2/c1-5-8(12)10(15)17-11(16-5)6-3-2-4-7(13)9(6)14/h2-4H,1H3. The van der Waals surface area contributed by atoms with Gasteiger partial charge in [-0.3, -0.25) is 0 Å². The van der Waals surface area contributed by atoms with E-state index in [4.69, 9.17) is 34.8 Å². The zero-order valence-corrected chi connectivity index (χ0v) is 12.5. The summed E-state index contributed by atoms with van der Waals surface area (Å²) in [5, 5.41) is 1.24. The molecule has 0 unspecified atom stereocenters. The van der Waals surface area contributed by atoms with Crippen LogP contribution in [0.5, 0.6) is 0 Å². The van der Waals surface area contributed by atoms with Crippen LogP contribution in [0.1, 0.15) is 5.69 Å². The third-order valence-corrected chi connectivity index (χ3v) is 4.44. The van der Waals surface area contributed by atoms with E-state index in [-0.39, 0.29) is 0 Å². The van der Waals surface area contributed by atoms with Crippen LogP contribution >= 0.6 is 50.7 Å². The van der Waals surface area contributed by atoms with Gasteiger partial charge in [0.2, 0.25) is 0 Å². The number of benzene rings is 1. The maximum atomic E-state index is 6.11. The van der Waals surface area contributed by atoms with Gasteiger partial charge < -0.3 is 0 Å². The highest BCUT2D eigenvalue weighted by molar-refractivity contribution is 9.10. The quantitative estimate of drug-likeness (QED) is 0.661. The molecule has 0 fully saturated rings. The number of halogens is 4. The van der Waals surface area contributed by atoms with Gasteiger partial charge in [0.15, 0.2) is 5.82 Å². The van der Waals surface area contributed by atoms with Gasteiger partial charge >= 0.3 is 0 Å². The maximum absolute atomic E-state index is 6.11. The Labute approximate surface area is 122 Å². The Bertz CT molecular complexity index is 564. The maximum Gasteiger partial charge on any atom is 0.162 e. The Kier molecular flexibility index (Phi) is 3.93. The first-order valence-electron chi connectivity index (χ1n) is 4.64. The van der Waals surface area contributed by atoms with E-state index in [1.165, 1.54) is 0 Å². The second-order valence-electron chi connectivity index (χ2n) is 3.34. The molecule has 6 heteroatoms. The summed E-state index contributed by atoms with van der Waals surface area (Å²) in [5.74, 6) is 0.461. The molecule has 17 heavy (non-hydrogen) atoms. The van der Waals surface area contributed by atoms with Gasteiger partial charge in [-0.25, -0.2) is 9.97 Å². The Balaban J connectivity index is 2.65. The average molecular weight is 352 g/mol. The second kappa shape index (κ2) is 5.11. The minimum absolute atomic E-state index is 0.351. The molecule has 0 saturated heterocycles. The van der Waals surface area contributed by atoms with Gasteiger partial charge in [-0.05, 0) is 35.0 Å². The van der Waals surface area contributed by atoms with E-state index in [0.29, 0.717) is 31.1 Å². The molecule has 88 valence electrons. The van der Waals surface area contributed by atoms with Crippen molar-refractivity contribution in [3.63, 3.8) is 0 Å². The van der Waals surface area contributed by atoms with Gasteiger partial charge in [0.1, 0.15) is 5.15 Å². The SMILES string of the molecule is Cc1nc(-c2cccc(Cl)c2Cl)nc(Cl)c1Br. The highest BCUT2D eigenvalue weighted by Crippen LogP contribution is 2.33. The molecule has 0 saturated carbocycles. The summed E-state index contributed by atoms with van der Waals surface area (Å²) in [4.78, 5) is 8.49. The van der Waals surface area contributed by atoms with Crippen molar-refractivity contribution in [3.8, 4) is 11.4 Å². The summed E-state index contributed by atoms with van der Waals surface area (Å²) >= 11 is 21.3. The lowest BCUT2D eigenvalue weighted by molar-refractivity contribution is 1.09. The zero-order valence-electron chi connectivity index (χ0n) is 8.64. The molecule has 0 bridgehead atoms. The smallest absolute Gasteiger partial charge is 0.162 e. The molecule has 1 heterocycles. The third-order valence-electron chi connectivity index (χ3n) is 2.17. The lowest BCUT2D eigenvalue weighted by atomic mass is 10.2. The van der Waals surface area contributed by atoms with Crippen LogP contribution in [-0.2, 0) is 0 Å². The van der Waals surface area contributed by atoms with Crippen LogP contribution < -0.4 is 0 Å². The molecule has 0 aliphatic carbocycles. The van der Waals surface area contributed by atoms with Crippen LogP contribution in [0.2, 0.25) is 15.2 Å². The highest BCUT2D eigenvalue weighted by atomic mass is 79.9. The molecule has 1 aromatic carbocycles. The minimum Gasteiger partial charge on any atom is -0.232 e. The van der Waals surface area contributed by atoms with Crippen molar-refractivity contribution in [2.75, 3.05) is 0 Å². The fourth-order valence-electron chi connectivity index (χ4n) is 1.32. The van der Waals surface area contributed by atoms with Crippen molar-refractivity contribution in [2.24, 2.45) is 0 Å². The Morgan fingerprint density at radius 2 is 1.82 bits per heavy atom. The van der Waals surface area contributed by atoms with Gasteiger partial charge in [0, 0.05) is 5.56 Å². The van der Waals surface area contributed by atoms with Crippen molar-refractivity contribution >= 4 is 50.7 Å². The van der Waals surface area contributed by atoms with Crippen LogP contribution in [0.15, 0.2) is 22.7 Å². The van der Waals surface area contributed by atoms with E-state index in [2.05, 4.69) is 25.9 Å². The largest absolute Gasteiger partial charge is 0.232 e. The van der Waals surface area contributed by atoms with Crippen LogP contribution in [0, 0.1) is 6.92 Å². The van der Waals surface area contributed by atoms with Crippen molar-refractivity contribution in [1.29, 1.82) is 0 Å². The van der Waals surface area contributed by atoms with E-state index < -0.39 is 0 Å². The molecule has 2 rings (SSSR count). The summed E-state index contributed by atoms with van der Waals surface area (Å²) in [6.07, 6.45) is 0. The molecule has 0 N–H and O–H groups in total. The lowest BCUT2D eigenvalue weighted by Gasteiger charge is -2.07. The number of rotatable bonds is 1. The minimum atomic E-state index is 0.351. The first-order valence-corrected chi connectivity index (χ1v) is 6.57. The molecule has 1 aromatic heterocycles. The average Bonchev–Trinajstić information content (AvgIpc) is 2.29. The van der Waals surface area contributed by atoms with Gasteiger partial charge in [0.05, 0.1) is 20.2 Å². The van der Waals surface area contributed by atoms with Crippen LogP contribution in [0.25, 0.3) is 11.4 Å². The summed E-state index contributed by atoms with van der Waals surface area (Å²) < 4.78 is 0.682. The molecule has 2 aromatic rings. The van der Waals surface area contributed by atoms with Crippen molar-refractivity contribution < 1.29 is 0 Å². The van der Waals surface area contributed by atoms with Crippen molar-refractivity contribution in [2.45, 2.75) is 6.92 Å². The molecule has 0 amide bonds. The molecule has 0 aliphatic rings. The monoisotopic (exact) mass is 350 g/mol. The van der Waals surface area contributed by atoms with Crippen molar-refractivity contribution in [3.05, 3.63) is 43.6 Å².